The number of carbonyl (C=O) groups is 1. The first-order valence-corrected chi connectivity index (χ1v) is 6.55. The number of thioether (sulfide) groups is 1. The zero-order valence-corrected chi connectivity index (χ0v) is 10.9. The van der Waals surface area contributed by atoms with E-state index in [4.69, 9.17) is 5.11 Å². The fraction of sp³-hybridized carbons (Fsp3) is 0.0714. The Morgan fingerprint density at radius 1 is 1.00 bits per heavy atom. The van der Waals surface area contributed by atoms with Crippen LogP contribution >= 0.6 is 11.8 Å². The summed E-state index contributed by atoms with van der Waals surface area (Å²) < 4.78 is 39.0. The van der Waals surface area contributed by atoms with Gasteiger partial charge in [-0.05, 0) is 35.9 Å². The summed E-state index contributed by atoms with van der Waals surface area (Å²) in [7, 11) is 0. The van der Waals surface area contributed by atoms with Gasteiger partial charge in [-0.3, -0.25) is 0 Å². The second kappa shape index (κ2) is 6.00. The van der Waals surface area contributed by atoms with Crippen molar-refractivity contribution < 1.29 is 23.1 Å². The summed E-state index contributed by atoms with van der Waals surface area (Å²) in [5.74, 6) is -3.70. The summed E-state index contributed by atoms with van der Waals surface area (Å²) in [4.78, 5) is 11.3. The molecule has 2 nitrogen and oxygen atoms in total. The molecule has 0 aliphatic heterocycles. The first kappa shape index (κ1) is 14.5. The van der Waals surface area contributed by atoms with E-state index in [0.717, 1.165) is 18.2 Å². The van der Waals surface area contributed by atoms with Crippen LogP contribution in [0.3, 0.4) is 0 Å². The van der Waals surface area contributed by atoms with Gasteiger partial charge in [-0.1, -0.05) is 6.07 Å². The molecule has 0 aliphatic carbocycles. The smallest absolute Gasteiger partial charge is 0.338 e. The molecule has 0 saturated heterocycles. The average molecular weight is 298 g/mol. The maximum Gasteiger partial charge on any atom is 0.338 e. The molecule has 0 unspecified atom stereocenters. The summed E-state index contributed by atoms with van der Waals surface area (Å²) in [5.41, 5.74) is 0.173. The summed E-state index contributed by atoms with van der Waals surface area (Å²) in [6.45, 7) is 0. The van der Waals surface area contributed by atoms with Crippen molar-refractivity contribution >= 4 is 17.7 Å². The monoisotopic (exact) mass is 298 g/mol. The second-order valence-corrected chi connectivity index (χ2v) is 5.03. The zero-order chi connectivity index (χ0) is 14.7. The van der Waals surface area contributed by atoms with E-state index in [9.17, 15) is 18.0 Å². The third-order valence-electron chi connectivity index (χ3n) is 2.56. The van der Waals surface area contributed by atoms with E-state index >= 15 is 0 Å². The number of hydrogen-bond acceptors (Lipinski definition) is 2. The second-order valence-electron chi connectivity index (χ2n) is 3.98. The molecular weight excluding hydrogens is 289 g/mol. The molecule has 0 saturated carbocycles. The van der Waals surface area contributed by atoms with Gasteiger partial charge in [0.2, 0.25) is 0 Å². The van der Waals surface area contributed by atoms with Crippen LogP contribution in [0.4, 0.5) is 13.2 Å². The third kappa shape index (κ3) is 3.33. The van der Waals surface area contributed by atoms with E-state index in [1.807, 2.05) is 0 Å². The average Bonchev–Trinajstić information content (AvgIpc) is 2.41. The lowest BCUT2D eigenvalue weighted by atomic mass is 10.1. The van der Waals surface area contributed by atoms with Crippen LogP contribution in [-0.2, 0) is 5.75 Å². The van der Waals surface area contributed by atoms with Gasteiger partial charge in [-0.15, -0.1) is 11.8 Å². The first-order chi connectivity index (χ1) is 9.47. The normalized spacial score (nSPS) is 10.6. The van der Waals surface area contributed by atoms with Crippen LogP contribution in [0.15, 0.2) is 41.3 Å². The van der Waals surface area contributed by atoms with E-state index in [1.165, 1.54) is 30.0 Å². The number of carboxylic acids is 1. The van der Waals surface area contributed by atoms with Crippen LogP contribution in [0.5, 0.6) is 0 Å². The summed E-state index contributed by atoms with van der Waals surface area (Å²) in [6.07, 6.45) is 0. The fourth-order valence-electron chi connectivity index (χ4n) is 1.56. The van der Waals surface area contributed by atoms with Crippen molar-refractivity contribution in [2.75, 3.05) is 0 Å². The highest BCUT2D eigenvalue weighted by Crippen LogP contribution is 2.25. The summed E-state index contributed by atoms with van der Waals surface area (Å²) in [6, 6.07) is 7.25. The molecule has 2 aromatic carbocycles. The van der Waals surface area contributed by atoms with Gasteiger partial charge >= 0.3 is 5.97 Å². The molecule has 2 aromatic rings. The van der Waals surface area contributed by atoms with Crippen LogP contribution in [0.2, 0.25) is 0 Å². The Kier molecular flexibility index (Phi) is 4.34. The van der Waals surface area contributed by atoms with E-state index in [0.29, 0.717) is 16.2 Å². The molecule has 0 bridgehead atoms. The van der Waals surface area contributed by atoms with Crippen LogP contribution in [0.25, 0.3) is 0 Å². The van der Waals surface area contributed by atoms with E-state index in [2.05, 4.69) is 0 Å². The van der Waals surface area contributed by atoms with Crippen molar-refractivity contribution in [1.29, 1.82) is 0 Å². The van der Waals surface area contributed by atoms with Crippen molar-refractivity contribution in [3.63, 3.8) is 0 Å². The number of aromatic carboxylic acids is 1. The van der Waals surface area contributed by atoms with E-state index in [1.54, 1.807) is 0 Å². The maximum absolute atomic E-state index is 13.2. The van der Waals surface area contributed by atoms with Crippen LogP contribution in [-0.4, -0.2) is 11.1 Å². The van der Waals surface area contributed by atoms with Crippen molar-refractivity contribution in [2.45, 2.75) is 10.6 Å². The lowest BCUT2D eigenvalue weighted by Gasteiger charge is -2.05. The molecule has 0 aromatic heterocycles. The Morgan fingerprint density at radius 3 is 2.35 bits per heavy atom. The molecule has 2 rings (SSSR count). The van der Waals surface area contributed by atoms with Gasteiger partial charge in [-0.2, -0.15) is 0 Å². The highest BCUT2D eigenvalue weighted by atomic mass is 32.2. The molecule has 0 heterocycles. The number of hydrogen-bond donors (Lipinski definition) is 1. The Hall–Kier alpha value is -1.95. The Balaban J connectivity index is 2.12. The lowest BCUT2D eigenvalue weighted by Crippen LogP contribution is -2.01. The third-order valence-corrected chi connectivity index (χ3v) is 3.62. The van der Waals surface area contributed by atoms with Crippen molar-refractivity contribution in [3.05, 3.63) is 65.0 Å². The fourth-order valence-corrected chi connectivity index (χ4v) is 2.42. The Morgan fingerprint density at radius 2 is 1.70 bits per heavy atom. The Bertz CT molecular complexity index is 659. The number of carboxylic acid groups (broad SMARTS) is 1. The molecule has 20 heavy (non-hydrogen) atoms. The van der Waals surface area contributed by atoms with Gasteiger partial charge in [0.1, 0.15) is 5.82 Å². The number of halogens is 3. The van der Waals surface area contributed by atoms with E-state index in [-0.39, 0.29) is 0 Å². The molecule has 0 amide bonds. The van der Waals surface area contributed by atoms with Crippen LogP contribution in [0.1, 0.15) is 15.9 Å². The summed E-state index contributed by atoms with van der Waals surface area (Å²) in [5, 5.41) is 8.80. The predicted octanol–water partition coefficient (Wildman–Crippen LogP) is 4.09. The quantitative estimate of drug-likeness (QED) is 0.864. The van der Waals surface area contributed by atoms with Gasteiger partial charge in [-0.25, -0.2) is 18.0 Å². The minimum absolute atomic E-state index is 0.325. The van der Waals surface area contributed by atoms with Crippen LogP contribution < -0.4 is 0 Å². The number of benzene rings is 2. The van der Waals surface area contributed by atoms with Crippen molar-refractivity contribution in [1.82, 2.24) is 0 Å². The molecule has 0 radical (unpaired) electrons. The standard InChI is InChI=1S/C14H9F3O2S/c15-11-3-1-8(5-10(11)14(18)19)7-20-9-2-4-12(16)13(17)6-9/h1-6H,7H2,(H,18,19). The Labute approximate surface area is 117 Å². The number of rotatable bonds is 4. The molecular formula is C14H9F3O2S. The predicted molar refractivity (Wildman–Crippen MR) is 69.3 cm³/mol. The van der Waals surface area contributed by atoms with Gasteiger partial charge in [0.25, 0.3) is 0 Å². The minimum Gasteiger partial charge on any atom is -0.478 e. The topological polar surface area (TPSA) is 37.3 Å². The largest absolute Gasteiger partial charge is 0.478 e. The van der Waals surface area contributed by atoms with Gasteiger partial charge in [0, 0.05) is 10.6 Å². The minimum atomic E-state index is -1.35. The summed E-state index contributed by atoms with van der Waals surface area (Å²) >= 11 is 1.20. The first-order valence-electron chi connectivity index (χ1n) is 5.57. The lowest BCUT2D eigenvalue weighted by molar-refractivity contribution is 0.0691. The molecule has 0 atom stereocenters. The SMILES string of the molecule is O=C(O)c1cc(CSc2ccc(F)c(F)c2)ccc1F. The molecule has 6 heteroatoms. The van der Waals surface area contributed by atoms with Gasteiger partial charge in [0.05, 0.1) is 5.56 Å². The van der Waals surface area contributed by atoms with Gasteiger partial charge < -0.3 is 5.11 Å². The molecule has 0 aliphatic rings. The molecule has 1 N–H and O–H groups in total. The highest BCUT2D eigenvalue weighted by molar-refractivity contribution is 7.98. The molecule has 104 valence electrons. The molecule has 0 spiro atoms. The maximum atomic E-state index is 13.2. The van der Waals surface area contributed by atoms with Crippen molar-refractivity contribution in [3.8, 4) is 0 Å². The van der Waals surface area contributed by atoms with E-state index < -0.39 is 29.0 Å². The van der Waals surface area contributed by atoms with Crippen molar-refractivity contribution in [2.24, 2.45) is 0 Å². The molecule has 0 fully saturated rings. The van der Waals surface area contributed by atoms with Crippen LogP contribution in [0, 0.1) is 17.5 Å². The zero-order valence-electron chi connectivity index (χ0n) is 10.1. The van der Waals surface area contributed by atoms with Gasteiger partial charge in [0.15, 0.2) is 11.6 Å². The highest BCUT2D eigenvalue weighted by Gasteiger charge is 2.11.